The van der Waals surface area contributed by atoms with E-state index in [1.165, 1.54) is 5.01 Å². The highest BCUT2D eigenvalue weighted by Crippen LogP contribution is 2.30. The zero-order valence-corrected chi connectivity index (χ0v) is 8.88. The van der Waals surface area contributed by atoms with Gasteiger partial charge >= 0.3 is 0 Å². The van der Waals surface area contributed by atoms with E-state index in [0.717, 1.165) is 12.1 Å². The lowest BCUT2D eigenvalue weighted by Gasteiger charge is -2.13. The van der Waals surface area contributed by atoms with Crippen LogP contribution in [0.2, 0.25) is 5.02 Å². The third-order valence-corrected chi connectivity index (χ3v) is 1.87. The summed E-state index contributed by atoms with van der Waals surface area (Å²) in [4.78, 5) is 10.0. The van der Waals surface area contributed by atoms with Gasteiger partial charge in [-0.1, -0.05) is 11.6 Å². The maximum absolute atomic E-state index is 13.1. The second-order valence-corrected chi connectivity index (χ2v) is 3.45. The Morgan fingerprint density at radius 1 is 1.53 bits per heavy atom. The highest BCUT2D eigenvalue weighted by atomic mass is 35.5. The summed E-state index contributed by atoms with van der Waals surface area (Å²) in [7, 11) is 3.27. The highest BCUT2D eigenvalue weighted by molar-refractivity contribution is 6.31. The molecule has 5 nitrogen and oxygen atoms in total. The number of nitrogens with one attached hydrogen (secondary N) is 1. The first kappa shape index (κ1) is 11.7. The van der Waals surface area contributed by atoms with Gasteiger partial charge in [0, 0.05) is 26.2 Å². The number of hydrogen-bond donors (Lipinski definition) is 1. The van der Waals surface area contributed by atoms with Gasteiger partial charge in [-0.3, -0.25) is 10.1 Å². The number of hydrazine groups is 1. The van der Waals surface area contributed by atoms with Crippen LogP contribution >= 0.6 is 11.6 Å². The monoisotopic (exact) mass is 233 g/mol. The van der Waals surface area contributed by atoms with Crippen LogP contribution in [0.15, 0.2) is 12.1 Å². The average Bonchev–Trinajstić information content (AvgIpc) is 2.09. The fraction of sp³-hybridized carbons (Fsp3) is 0.250. The van der Waals surface area contributed by atoms with E-state index in [1.807, 2.05) is 0 Å². The SMILES string of the molecule is CN(C)Nc1cc(F)c(Cl)cc1[N+](=O)[O-]. The Bertz CT molecular complexity index is 398. The quantitative estimate of drug-likeness (QED) is 0.643. The second-order valence-electron chi connectivity index (χ2n) is 3.05. The standard InChI is InChI=1S/C8H9ClFN3O2/c1-12(2)11-7-4-6(10)5(9)3-8(7)13(14)15/h3-4,11H,1-2H3. The molecule has 0 saturated heterocycles. The third kappa shape index (κ3) is 2.77. The number of anilines is 1. The van der Waals surface area contributed by atoms with E-state index < -0.39 is 10.7 Å². The molecule has 7 heteroatoms. The van der Waals surface area contributed by atoms with Crippen molar-refractivity contribution in [2.45, 2.75) is 0 Å². The highest BCUT2D eigenvalue weighted by Gasteiger charge is 2.17. The van der Waals surface area contributed by atoms with Gasteiger partial charge in [0.1, 0.15) is 11.5 Å². The number of rotatable bonds is 3. The van der Waals surface area contributed by atoms with Crippen LogP contribution < -0.4 is 5.43 Å². The topological polar surface area (TPSA) is 58.4 Å². The molecule has 1 aromatic rings. The molecule has 0 spiro atoms. The molecule has 15 heavy (non-hydrogen) atoms. The van der Waals surface area contributed by atoms with Crippen molar-refractivity contribution in [3.05, 3.63) is 33.1 Å². The summed E-state index contributed by atoms with van der Waals surface area (Å²) in [6.07, 6.45) is 0. The fourth-order valence-corrected chi connectivity index (χ4v) is 1.18. The van der Waals surface area contributed by atoms with E-state index in [4.69, 9.17) is 11.6 Å². The molecule has 0 aliphatic carbocycles. The van der Waals surface area contributed by atoms with Gasteiger partial charge in [-0.05, 0) is 0 Å². The third-order valence-electron chi connectivity index (χ3n) is 1.58. The first-order chi connectivity index (χ1) is 6.91. The molecule has 0 amide bonds. The molecule has 0 bridgehead atoms. The van der Waals surface area contributed by atoms with Crippen LogP contribution in [-0.2, 0) is 0 Å². The molecule has 0 atom stereocenters. The van der Waals surface area contributed by atoms with Crippen LogP contribution in [0.1, 0.15) is 0 Å². The molecule has 0 heterocycles. The van der Waals surface area contributed by atoms with Crippen LogP contribution in [0.5, 0.6) is 0 Å². The van der Waals surface area contributed by atoms with Crippen molar-refractivity contribution in [1.82, 2.24) is 5.01 Å². The number of nitro benzene ring substituents is 1. The van der Waals surface area contributed by atoms with Crippen LogP contribution in [0.3, 0.4) is 0 Å². The number of halogens is 2. The summed E-state index contributed by atoms with van der Waals surface area (Å²) in [5, 5.41) is 11.8. The van der Waals surface area contributed by atoms with Crippen molar-refractivity contribution >= 4 is 23.0 Å². The molecule has 0 unspecified atom stereocenters. The van der Waals surface area contributed by atoms with E-state index in [0.29, 0.717) is 0 Å². The minimum atomic E-state index is -0.702. The van der Waals surface area contributed by atoms with Crippen molar-refractivity contribution in [2.24, 2.45) is 0 Å². The Kier molecular flexibility index (Phi) is 3.43. The molecule has 0 saturated carbocycles. The molecule has 0 fully saturated rings. The molecular formula is C8H9ClFN3O2. The molecule has 1 N–H and O–H groups in total. The Labute approximate surface area is 90.6 Å². The van der Waals surface area contributed by atoms with Gasteiger partial charge in [0.05, 0.1) is 9.95 Å². The lowest BCUT2D eigenvalue weighted by molar-refractivity contribution is -0.384. The Balaban J connectivity index is 3.22. The Morgan fingerprint density at radius 3 is 2.60 bits per heavy atom. The molecule has 0 aliphatic rings. The van der Waals surface area contributed by atoms with E-state index in [2.05, 4.69) is 5.43 Å². The van der Waals surface area contributed by atoms with Crippen molar-refractivity contribution < 1.29 is 9.31 Å². The summed E-state index contributed by atoms with van der Waals surface area (Å²) in [5.41, 5.74) is 2.41. The van der Waals surface area contributed by atoms with E-state index >= 15 is 0 Å². The zero-order chi connectivity index (χ0) is 11.6. The summed E-state index contributed by atoms with van der Waals surface area (Å²) < 4.78 is 13.1. The normalized spacial score (nSPS) is 10.5. The molecule has 1 rings (SSSR count). The minimum Gasteiger partial charge on any atom is -0.313 e. The second kappa shape index (κ2) is 4.41. The minimum absolute atomic E-state index is 0.0619. The van der Waals surface area contributed by atoms with Gasteiger partial charge in [0.15, 0.2) is 0 Å². The largest absolute Gasteiger partial charge is 0.313 e. The average molecular weight is 234 g/mol. The first-order valence-electron chi connectivity index (χ1n) is 3.99. The fourth-order valence-electron chi connectivity index (χ4n) is 1.02. The molecule has 0 radical (unpaired) electrons. The number of nitrogens with zero attached hydrogens (tertiary/aromatic N) is 2. The first-order valence-corrected chi connectivity index (χ1v) is 4.37. The van der Waals surface area contributed by atoms with Gasteiger partial charge in [0.25, 0.3) is 5.69 Å². The summed E-state index contributed by atoms with van der Waals surface area (Å²) in [5.74, 6) is -0.702. The maximum Gasteiger partial charge on any atom is 0.295 e. The molecule has 1 aromatic carbocycles. The molecule has 82 valence electrons. The van der Waals surface area contributed by atoms with Gasteiger partial charge in [0.2, 0.25) is 0 Å². The van der Waals surface area contributed by atoms with Crippen molar-refractivity contribution in [3.63, 3.8) is 0 Å². The van der Waals surface area contributed by atoms with Gasteiger partial charge in [-0.15, -0.1) is 0 Å². The molecule has 0 aliphatic heterocycles. The van der Waals surface area contributed by atoms with Crippen LogP contribution in [-0.4, -0.2) is 24.0 Å². The van der Waals surface area contributed by atoms with E-state index in [9.17, 15) is 14.5 Å². The van der Waals surface area contributed by atoms with Gasteiger partial charge < -0.3 is 5.43 Å². The van der Waals surface area contributed by atoms with E-state index in [-0.39, 0.29) is 16.4 Å². The number of nitro groups is 1. The number of benzene rings is 1. The lowest BCUT2D eigenvalue weighted by atomic mass is 10.2. The predicted octanol–water partition coefficient (Wildman–Crippen LogP) is 2.28. The molecular weight excluding hydrogens is 225 g/mol. The van der Waals surface area contributed by atoms with Crippen LogP contribution in [0.25, 0.3) is 0 Å². The Morgan fingerprint density at radius 2 is 2.13 bits per heavy atom. The van der Waals surface area contributed by atoms with Gasteiger partial charge in [-0.2, -0.15) is 0 Å². The zero-order valence-electron chi connectivity index (χ0n) is 8.12. The Hall–Kier alpha value is -1.40. The van der Waals surface area contributed by atoms with E-state index in [1.54, 1.807) is 14.1 Å². The summed E-state index contributed by atoms with van der Waals surface area (Å²) >= 11 is 5.45. The van der Waals surface area contributed by atoms with Gasteiger partial charge in [-0.25, -0.2) is 9.40 Å². The smallest absolute Gasteiger partial charge is 0.295 e. The van der Waals surface area contributed by atoms with Crippen molar-refractivity contribution in [1.29, 1.82) is 0 Å². The summed E-state index contributed by atoms with van der Waals surface area (Å²) in [6.45, 7) is 0. The van der Waals surface area contributed by atoms with Crippen LogP contribution in [0, 0.1) is 15.9 Å². The van der Waals surface area contributed by atoms with Crippen molar-refractivity contribution in [3.8, 4) is 0 Å². The number of hydrogen-bond acceptors (Lipinski definition) is 4. The van der Waals surface area contributed by atoms with Crippen LogP contribution in [0.4, 0.5) is 15.8 Å². The predicted molar refractivity (Wildman–Crippen MR) is 55.4 cm³/mol. The lowest BCUT2D eigenvalue weighted by Crippen LogP contribution is -2.20. The van der Waals surface area contributed by atoms with Crippen molar-refractivity contribution in [2.75, 3.05) is 19.5 Å². The maximum atomic E-state index is 13.1. The summed E-state index contributed by atoms with van der Waals surface area (Å²) in [6, 6.07) is 1.96. The molecule has 0 aromatic heterocycles.